The van der Waals surface area contributed by atoms with Gasteiger partial charge in [-0.2, -0.15) is 0 Å². The molecule has 0 aromatic heterocycles. The number of benzene rings is 1. The minimum atomic E-state index is -0.122. The molecular formula is C8H10N2O. The fraction of sp³-hybridized carbons (Fsp3) is 0.125. The van der Waals surface area contributed by atoms with Gasteiger partial charge in [0.05, 0.1) is 0 Å². The van der Waals surface area contributed by atoms with Gasteiger partial charge in [0.25, 0.3) is 0 Å². The van der Waals surface area contributed by atoms with E-state index in [-0.39, 0.29) is 7.46 Å². The Balaban J connectivity index is 0.000000720. The van der Waals surface area contributed by atoms with E-state index in [1.54, 1.807) is 0 Å². The second kappa shape index (κ2) is 2.27. The minimum Gasteiger partial charge on any atom is -0.334 e. The first-order valence-corrected chi connectivity index (χ1v) is 3.49. The van der Waals surface area contributed by atoms with Crippen LogP contribution in [0.3, 0.4) is 0 Å². The van der Waals surface area contributed by atoms with Crippen LogP contribution >= 0.6 is 0 Å². The maximum Gasteiger partial charge on any atom is 0.319 e. The summed E-state index contributed by atoms with van der Waals surface area (Å²) in [5.74, 6) is 0. The standard InChI is InChI=1S/C8H8N2O.H2/c11-8-9-5-6-3-1-2-4-7(6)10-8;/h1-4H,5H2,(H2,9,10,11);1H. The molecule has 1 aliphatic rings. The summed E-state index contributed by atoms with van der Waals surface area (Å²) in [6, 6.07) is 7.63. The van der Waals surface area contributed by atoms with Crippen LogP contribution in [-0.4, -0.2) is 6.03 Å². The first-order chi connectivity index (χ1) is 5.36. The van der Waals surface area contributed by atoms with Crippen molar-refractivity contribution in [3.05, 3.63) is 29.8 Å². The van der Waals surface area contributed by atoms with E-state index in [2.05, 4.69) is 10.6 Å². The molecule has 0 unspecified atom stereocenters. The smallest absolute Gasteiger partial charge is 0.319 e. The van der Waals surface area contributed by atoms with Crippen molar-refractivity contribution in [2.75, 3.05) is 5.32 Å². The van der Waals surface area contributed by atoms with E-state index in [4.69, 9.17) is 0 Å². The molecule has 0 saturated heterocycles. The number of anilines is 1. The highest BCUT2D eigenvalue weighted by atomic mass is 16.2. The lowest BCUT2D eigenvalue weighted by molar-refractivity contribution is 0.251. The van der Waals surface area contributed by atoms with E-state index in [1.165, 1.54) is 0 Å². The molecule has 11 heavy (non-hydrogen) atoms. The summed E-state index contributed by atoms with van der Waals surface area (Å²) >= 11 is 0. The van der Waals surface area contributed by atoms with Crippen LogP contribution in [0.1, 0.15) is 6.99 Å². The number of fused-ring (bicyclic) bond motifs is 1. The molecule has 2 amide bonds. The summed E-state index contributed by atoms with van der Waals surface area (Å²) in [5, 5.41) is 5.40. The van der Waals surface area contributed by atoms with Gasteiger partial charge in [-0.1, -0.05) is 18.2 Å². The number of carbonyl (C=O) groups excluding carboxylic acids is 1. The van der Waals surface area contributed by atoms with E-state index in [1.807, 2.05) is 24.3 Å². The van der Waals surface area contributed by atoms with Crippen LogP contribution in [0.25, 0.3) is 0 Å². The Bertz CT molecular complexity index is 301. The van der Waals surface area contributed by atoms with Gasteiger partial charge in [-0.15, -0.1) is 0 Å². The van der Waals surface area contributed by atoms with Crippen molar-refractivity contribution in [2.24, 2.45) is 0 Å². The van der Waals surface area contributed by atoms with Crippen LogP contribution in [0.2, 0.25) is 0 Å². The minimum absolute atomic E-state index is 0. The molecule has 3 nitrogen and oxygen atoms in total. The Kier molecular flexibility index (Phi) is 1.28. The fourth-order valence-corrected chi connectivity index (χ4v) is 1.14. The van der Waals surface area contributed by atoms with E-state index in [9.17, 15) is 4.79 Å². The molecule has 1 aromatic carbocycles. The first kappa shape index (κ1) is 6.22. The van der Waals surface area contributed by atoms with Crippen LogP contribution in [-0.2, 0) is 6.54 Å². The summed E-state index contributed by atoms with van der Waals surface area (Å²) in [6.45, 7) is 0.627. The highest BCUT2D eigenvalue weighted by Crippen LogP contribution is 2.16. The molecule has 3 heteroatoms. The molecule has 0 fully saturated rings. The van der Waals surface area contributed by atoms with Crippen molar-refractivity contribution in [1.82, 2.24) is 5.32 Å². The lowest BCUT2D eigenvalue weighted by atomic mass is 10.1. The number of urea groups is 1. The van der Waals surface area contributed by atoms with Crippen molar-refractivity contribution in [1.29, 1.82) is 0 Å². The van der Waals surface area contributed by atoms with Gasteiger partial charge in [0, 0.05) is 13.7 Å². The number of carbonyl (C=O) groups is 1. The molecule has 0 atom stereocenters. The molecule has 0 bridgehead atoms. The number of hydrogen-bond acceptors (Lipinski definition) is 1. The second-order valence-electron chi connectivity index (χ2n) is 2.46. The fourth-order valence-electron chi connectivity index (χ4n) is 1.14. The quantitative estimate of drug-likeness (QED) is 0.579. The van der Waals surface area contributed by atoms with E-state index in [0.717, 1.165) is 11.3 Å². The van der Waals surface area contributed by atoms with Gasteiger partial charge in [0.1, 0.15) is 0 Å². The van der Waals surface area contributed by atoms with Gasteiger partial charge in [0.15, 0.2) is 0 Å². The normalized spacial score (nSPS) is 14.7. The van der Waals surface area contributed by atoms with Crippen LogP contribution in [0, 0.1) is 0 Å². The summed E-state index contributed by atoms with van der Waals surface area (Å²) in [6.07, 6.45) is 0. The molecule has 1 aromatic rings. The Hall–Kier alpha value is -1.51. The van der Waals surface area contributed by atoms with Crippen LogP contribution in [0.15, 0.2) is 24.3 Å². The number of rotatable bonds is 0. The average molecular weight is 150 g/mol. The first-order valence-electron chi connectivity index (χ1n) is 3.49. The second-order valence-corrected chi connectivity index (χ2v) is 2.46. The Morgan fingerprint density at radius 2 is 2.18 bits per heavy atom. The summed E-state index contributed by atoms with van der Waals surface area (Å²) in [7, 11) is 0. The Labute approximate surface area is 65.9 Å². The van der Waals surface area contributed by atoms with Gasteiger partial charge >= 0.3 is 6.03 Å². The maximum atomic E-state index is 10.8. The molecule has 2 N–H and O–H groups in total. The molecule has 2 rings (SSSR count). The predicted molar refractivity (Wildman–Crippen MR) is 44.4 cm³/mol. The third-order valence-corrected chi connectivity index (χ3v) is 1.70. The molecule has 0 aliphatic carbocycles. The van der Waals surface area contributed by atoms with Gasteiger partial charge in [-0.25, -0.2) is 4.79 Å². The van der Waals surface area contributed by atoms with Crippen LogP contribution in [0.4, 0.5) is 10.5 Å². The van der Waals surface area contributed by atoms with E-state index < -0.39 is 0 Å². The monoisotopic (exact) mass is 150 g/mol. The van der Waals surface area contributed by atoms with E-state index in [0.29, 0.717) is 6.54 Å². The highest BCUT2D eigenvalue weighted by Gasteiger charge is 2.11. The van der Waals surface area contributed by atoms with Gasteiger partial charge in [-0.3, -0.25) is 0 Å². The molecular weight excluding hydrogens is 140 g/mol. The Morgan fingerprint density at radius 1 is 1.36 bits per heavy atom. The maximum absolute atomic E-state index is 10.8. The molecule has 0 spiro atoms. The topological polar surface area (TPSA) is 41.1 Å². The lowest BCUT2D eigenvalue weighted by Gasteiger charge is -2.17. The average Bonchev–Trinajstić information content (AvgIpc) is 2.04. The molecule has 1 aliphatic heterocycles. The van der Waals surface area contributed by atoms with E-state index >= 15 is 0 Å². The zero-order valence-electron chi connectivity index (χ0n) is 5.92. The third-order valence-electron chi connectivity index (χ3n) is 1.70. The molecule has 58 valence electrons. The van der Waals surface area contributed by atoms with Gasteiger partial charge in [-0.05, 0) is 11.6 Å². The van der Waals surface area contributed by atoms with Crippen LogP contribution < -0.4 is 10.6 Å². The summed E-state index contributed by atoms with van der Waals surface area (Å²) in [5.41, 5.74) is 2.04. The van der Waals surface area contributed by atoms with Crippen molar-refractivity contribution >= 4 is 11.7 Å². The Morgan fingerprint density at radius 3 is 3.09 bits per heavy atom. The van der Waals surface area contributed by atoms with Crippen molar-refractivity contribution < 1.29 is 6.22 Å². The number of para-hydroxylation sites is 1. The van der Waals surface area contributed by atoms with Gasteiger partial charge in [0.2, 0.25) is 0 Å². The SMILES string of the molecule is O=C1NCc2ccccc2N1.[HH]. The zero-order valence-corrected chi connectivity index (χ0v) is 5.92. The number of amides is 2. The van der Waals surface area contributed by atoms with Crippen molar-refractivity contribution in [3.8, 4) is 0 Å². The summed E-state index contributed by atoms with van der Waals surface area (Å²) < 4.78 is 0. The molecule has 1 heterocycles. The largest absolute Gasteiger partial charge is 0.334 e. The molecule has 0 saturated carbocycles. The van der Waals surface area contributed by atoms with Gasteiger partial charge < -0.3 is 10.6 Å². The van der Waals surface area contributed by atoms with Crippen molar-refractivity contribution in [3.63, 3.8) is 0 Å². The number of nitrogens with one attached hydrogen (secondary N) is 2. The zero-order chi connectivity index (χ0) is 7.68. The predicted octanol–water partition coefficient (Wildman–Crippen LogP) is 1.57. The number of hydrogen-bond donors (Lipinski definition) is 2. The van der Waals surface area contributed by atoms with Crippen LogP contribution in [0.5, 0.6) is 0 Å². The van der Waals surface area contributed by atoms with Crippen molar-refractivity contribution in [2.45, 2.75) is 6.54 Å². The highest BCUT2D eigenvalue weighted by molar-refractivity contribution is 5.92. The third kappa shape index (κ3) is 1.05. The lowest BCUT2D eigenvalue weighted by Crippen LogP contribution is -2.33. The molecule has 0 radical (unpaired) electrons. The summed E-state index contributed by atoms with van der Waals surface area (Å²) in [4.78, 5) is 10.8.